The molecule has 146 valence electrons. The number of pyridine rings is 1. The Labute approximate surface area is 169 Å². The summed E-state index contributed by atoms with van der Waals surface area (Å²) in [4.78, 5) is 23.8. The van der Waals surface area contributed by atoms with Crippen LogP contribution in [0, 0.1) is 0 Å². The van der Waals surface area contributed by atoms with E-state index in [0.717, 1.165) is 41.9 Å². The van der Waals surface area contributed by atoms with Crippen LogP contribution in [0.3, 0.4) is 0 Å². The molecule has 0 bridgehead atoms. The second-order valence-corrected chi connectivity index (χ2v) is 7.54. The number of amides is 1. The summed E-state index contributed by atoms with van der Waals surface area (Å²) in [6, 6.07) is 9.39. The van der Waals surface area contributed by atoms with Crippen LogP contribution in [-0.4, -0.2) is 52.1 Å². The number of hydrogen-bond donors (Lipinski definition) is 0. The Bertz CT molecular complexity index is 970. The van der Waals surface area contributed by atoms with Gasteiger partial charge in [0.2, 0.25) is 5.91 Å². The molecule has 3 heterocycles. The molecule has 6 nitrogen and oxygen atoms in total. The fraction of sp³-hybridized carbons (Fsp3) is 0.381. The average molecular weight is 399 g/mol. The van der Waals surface area contributed by atoms with E-state index >= 15 is 0 Å². The molecule has 1 aromatic carbocycles. The average Bonchev–Trinajstić information content (AvgIpc) is 3.33. The molecule has 3 aromatic rings. The number of fused-ring (bicyclic) bond motifs is 1. The summed E-state index contributed by atoms with van der Waals surface area (Å²) in [6.07, 6.45) is 4.92. The zero-order valence-corrected chi connectivity index (χ0v) is 16.6. The van der Waals surface area contributed by atoms with Crippen LogP contribution in [-0.2, 0) is 22.5 Å². The van der Waals surface area contributed by atoms with E-state index in [1.54, 1.807) is 13.3 Å². The van der Waals surface area contributed by atoms with Crippen LogP contribution >= 0.6 is 11.6 Å². The molecule has 4 rings (SSSR count). The lowest BCUT2D eigenvalue weighted by atomic mass is 10.1. The maximum atomic E-state index is 12.7. The lowest BCUT2D eigenvalue weighted by Gasteiger charge is -2.17. The second kappa shape index (κ2) is 8.29. The molecule has 1 amide bonds. The number of nitrogens with zero attached hydrogens (tertiary/aromatic N) is 4. The van der Waals surface area contributed by atoms with Crippen molar-refractivity contribution in [2.24, 2.45) is 0 Å². The first-order chi connectivity index (χ1) is 13.7. The van der Waals surface area contributed by atoms with Crippen LogP contribution in [0.25, 0.3) is 11.0 Å². The minimum Gasteiger partial charge on any atom is -0.383 e. The van der Waals surface area contributed by atoms with Crippen molar-refractivity contribution in [2.75, 3.05) is 26.8 Å². The Hall–Kier alpha value is -2.44. The van der Waals surface area contributed by atoms with Crippen molar-refractivity contribution in [3.63, 3.8) is 0 Å². The molecule has 1 fully saturated rings. The molecule has 1 saturated heterocycles. The van der Waals surface area contributed by atoms with E-state index in [0.29, 0.717) is 24.6 Å². The van der Waals surface area contributed by atoms with Gasteiger partial charge in [0.15, 0.2) is 0 Å². The number of hydrogen-bond acceptors (Lipinski definition) is 4. The molecule has 1 atom stereocenters. The number of rotatable bonds is 6. The van der Waals surface area contributed by atoms with Gasteiger partial charge in [0, 0.05) is 43.9 Å². The number of carbonyl (C=O) groups is 1. The van der Waals surface area contributed by atoms with Crippen LogP contribution in [0.4, 0.5) is 0 Å². The van der Waals surface area contributed by atoms with E-state index in [4.69, 9.17) is 21.3 Å². The molecule has 2 aromatic heterocycles. The number of likely N-dealkylation sites (tertiary alicyclic amines) is 1. The Morgan fingerprint density at radius 2 is 2.11 bits per heavy atom. The van der Waals surface area contributed by atoms with Gasteiger partial charge in [-0.25, -0.2) is 4.98 Å². The number of benzene rings is 1. The molecular formula is C21H23ClN4O2. The van der Waals surface area contributed by atoms with Crippen molar-refractivity contribution >= 4 is 28.5 Å². The molecule has 28 heavy (non-hydrogen) atoms. The summed E-state index contributed by atoms with van der Waals surface area (Å²) in [7, 11) is 1.70. The third kappa shape index (κ3) is 3.88. The van der Waals surface area contributed by atoms with Crippen molar-refractivity contribution in [1.82, 2.24) is 19.4 Å². The van der Waals surface area contributed by atoms with Gasteiger partial charge in [-0.3, -0.25) is 9.78 Å². The van der Waals surface area contributed by atoms with Gasteiger partial charge < -0.3 is 14.2 Å². The number of imidazole rings is 1. The first-order valence-corrected chi connectivity index (χ1v) is 9.85. The van der Waals surface area contributed by atoms with Crippen molar-refractivity contribution in [2.45, 2.75) is 25.3 Å². The normalized spacial score (nSPS) is 16.8. The van der Waals surface area contributed by atoms with Crippen LogP contribution in [0.1, 0.15) is 23.7 Å². The number of carbonyl (C=O) groups excluding carboxylic acids is 1. The van der Waals surface area contributed by atoms with Crippen molar-refractivity contribution in [3.05, 3.63) is 59.1 Å². The minimum absolute atomic E-state index is 0.144. The van der Waals surface area contributed by atoms with E-state index in [-0.39, 0.29) is 11.8 Å². The van der Waals surface area contributed by atoms with Gasteiger partial charge in [-0.1, -0.05) is 23.7 Å². The first-order valence-electron chi connectivity index (χ1n) is 9.47. The number of methoxy groups -OCH3 is 1. The summed E-state index contributed by atoms with van der Waals surface area (Å²) < 4.78 is 7.46. The largest absolute Gasteiger partial charge is 0.383 e. The molecule has 1 aliphatic heterocycles. The lowest BCUT2D eigenvalue weighted by molar-refractivity contribution is -0.129. The number of aromatic nitrogens is 3. The van der Waals surface area contributed by atoms with E-state index in [1.165, 1.54) is 0 Å². The van der Waals surface area contributed by atoms with Gasteiger partial charge in [-0.2, -0.15) is 0 Å². The molecule has 0 aliphatic carbocycles. The molecular weight excluding hydrogens is 376 g/mol. The smallest absolute Gasteiger partial charge is 0.227 e. The van der Waals surface area contributed by atoms with E-state index < -0.39 is 0 Å². The van der Waals surface area contributed by atoms with E-state index in [9.17, 15) is 4.79 Å². The van der Waals surface area contributed by atoms with Gasteiger partial charge in [0.1, 0.15) is 5.82 Å². The monoisotopic (exact) mass is 398 g/mol. The molecule has 0 N–H and O–H groups in total. The van der Waals surface area contributed by atoms with Crippen LogP contribution < -0.4 is 0 Å². The maximum absolute atomic E-state index is 12.7. The first kappa shape index (κ1) is 18.9. The van der Waals surface area contributed by atoms with Crippen molar-refractivity contribution in [3.8, 4) is 0 Å². The predicted octanol–water partition coefficient (Wildman–Crippen LogP) is 3.29. The third-order valence-electron chi connectivity index (χ3n) is 5.27. The SMILES string of the molecule is COCCn1c([C@H]2CCN(C(=O)Cc3ccc(Cl)cc3)C2)nc2ccncc21. The summed E-state index contributed by atoms with van der Waals surface area (Å²) in [5.41, 5.74) is 2.93. The Kier molecular flexibility index (Phi) is 5.59. The molecule has 0 spiro atoms. The third-order valence-corrected chi connectivity index (χ3v) is 5.53. The van der Waals surface area contributed by atoms with Crippen LogP contribution in [0.15, 0.2) is 42.7 Å². The van der Waals surface area contributed by atoms with Crippen LogP contribution in [0.2, 0.25) is 5.02 Å². The van der Waals surface area contributed by atoms with Gasteiger partial charge >= 0.3 is 0 Å². The fourth-order valence-corrected chi connectivity index (χ4v) is 3.93. The van der Waals surface area contributed by atoms with Gasteiger partial charge in [-0.05, 0) is 30.2 Å². The highest BCUT2D eigenvalue weighted by Crippen LogP contribution is 2.29. The molecule has 0 saturated carbocycles. The maximum Gasteiger partial charge on any atom is 0.227 e. The van der Waals surface area contributed by atoms with E-state index in [2.05, 4.69) is 9.55 Å². The highest BCUT2D eigenvalue weighted by molar-refractivity contribution is 6.30. The molecule has 1 aliphatic rings. The van der Waals surface area contributed by atoms with E-state index in [1.807, 2.05) is 41.4 Å². The van der Waals surface area contributed by atoms with Gasteiger partial charge in [0.05, 0.1) is 30.3 Å². The molecule has 0 radical (unpaired) electrons. The quantitative estimate of drug-likeness (QED) is 0.639. The summed E-state index contributed by atoms with van der Waals surface area (Å²) >= 11 is 5.93. The summed E-state index contributed by atoms with van der Waals surface area (Å²) in [5.74, 6) is 1.38. The zero-order chi connectivity index (χ0) is 19.5. The Morgan fingerprint density at radius 1 is 1.29 bits per heavy atom. The fourth-order valence-electron chi connectivity index (χ4n) is 3.80. The predicted molar refractivity (Wildman–Crippen MR) is 108 cm³/mol. The topological polar surface area (TPSA) is 60.2 Å². The van der Waals surface area contributed by atoms with Crippen LogP contribution in [0.5, 0.6) is 0 Å². The highest BCUT2D eigenvalue weighted by atomic mass is 35.5. The number of halogens is 1. The van der Waals surface area contributed by atoms with Gasteiger partial charge in [-0.15, -0.1) is 0 Å². The minimum atomic E-state index is 0.144. The molecule has 0 unspecified atom stereocenters. The second-order valence-electron chi connectivity index (χ2n) is 7.11. The summed E-state index contributed by atoms with van der Waals surface area (Å²) in [5, 5.41) is 0.682. The lowest BCUT2D eigenvalue weighted by Crippen LogP contribution is -2.30. The summed E-state index contributed by atoms with van der Waals surface area (Å²) in [6.45, 7) is 2.78. The molecule has 7 heteroatoms. The highest BCUT2D eigenvalue weighted by Gasteiger charge is 2.30. The van der Waals surface area contributed by atoms with Crippen molar-refractivity contribution in [1.29, 1.82) is 0 Å². The Morgan fingerprint density at radius 3 is 2.89 bits per heavy atom. The van der Waals surface area contributed by atoms with Crippen molar-refractivity contribution < 1.29 is 9.53 Å². The number of ether oxygens (including phenoxy) is 1. The Balaban J connectivity index is 1.50. The van der Waals surface area contributed by atoms with Gasteiger partial charge in [0.25, 0.3) is 0 Å². The standard InChI is InChI=1S/C21H23ClN4O2/c1-28-11-10-26-19-13-23-8-6-18(19)24-21(26)16-7-9-25(14-16)20(27)12-15-2-4-17(22)5-3-15/h2-6,8,13,16H,7,9-12,14H2,1H3/t16-/m0/s1. The zero-order valence-electron chi connectivity index (χ0n) is 15.8.